The van der Waals surface area contributed by atoms with Gasteiger partial charge in [0, 0.05) is 50.4 Å². The van der Waals surface area contributed by atoms with Gasteiger partial charge in [0.1, 0.15) is 12.4 Å². The van der Waals surface area contributed by atoms with Crippen molar-refractivity contribution in [2.45, 2.75) is 13.2 Å². The fourth-order valence-electron chi connectivity index (χ4n) is 3.76. The zero-order chi connectivity index (χ0) is 22.3. The summed E-state index contributed by atoms with van der Waals surface area (Å²) in [6.45, 7) is 4.29. The van der Waals surface area contributed by atoms with Crippen molar-refractivity contribution < 1.29 is 14.5 Å². The van der Waals surface area contributed by atoms with E-state index >= 15 is 0 Å². The van der Waals surface area contributed by atoms with Crippen LogP contribution in [-0.4, -0.2) is 46.8 Å². The quantitative estimate of drug-likeness (QED) is 0.415. The molecule has 0 atom stereocenters. The van der Waals surface area contributed by atoms with Gasteiger partial charge in [0.15, 0.2) is 0 Å². The van der Waals surface area contributed by atoms with E-state index in [0.717, 1.165) is 25.2 Å². The number of ether oxygens (including phenoxy) is 1. The number of nitro groups is 1. The SMILES string of the molecule is O=C(c1cccc(COc2ccc([N+](=O)[O-])cc2)c1)N1CCN(Cc2ccccc2)CC1. The molecule has 0 saturated carbocycles. The smallest absolute Gasteiger partial charge is 0.269 e. The lowest BCUT2D eigenvalue weighted by molar-refractivity contribution is -0.384. The van der Waals surface area contributed by atoms with E-state index in [0.29, 0.717) is 24.4 Å². The van der Waals surface area contributed by atoms with Crippen LogP contribution >= 0.6 is 0 Å². The van der Waals surface area contributed by atoms with E-state index < -0.39 is 4.92 Å². The lowest BCUT2D eigenvalue weighted by atomic mass is 10.1. The van der Waals surface area contributed by atoms with Crippen molar-refractivity contribution in [3.63, 3.8) is 0 Å². The van der Waals surface area contributed by atoms with Crippen LogP contribution in [0.2, 0.25) is 0 Å². The largest absolute Gasteiger partial charge is 0.489 e. The number of amides is 1. The Balaban J connectivity index is 1.31. The summed E-state index contributed by atoms with van der Waals surface area (Å²) in [5, 5.41) is 10.7. The zero-order valence-corrected chi connectivity index (χ0v) is 17.7. The number of hydrogen-bond acceptors (Lipinski definition) is 5. The second-order valence-electron chi connectivity index (χ2n) is 7.79. The summed E-state index contributed by atoms with van der Waals surface area (Å²) < 4.78 is 5.72. The number of non-ortho nitro benzene ring substituents is 1. The topological polar surface area (TPSA) is 75.9 Å². The highest BCUT2D eigenvalue weighted by Crippen LogP contribution is 2.19. The van der Waals surface area contributed by atoms with E-state index in [9.17, 15) is 14.9 Å². The molecule has 0 bridgehead atoms. The van der Waals surface area contributed by atoms with Gasteiger partial charge in [0.05, 0.1) is 4.92 Å². The molecule has 0 spiro atoms. The van der Waals surface area contributed by atoms with Gasteiger partial charge in [-0.3, -0.25) is 19.8 Å². The molecular formula is C25H25N3O4. The van der Waals surface area contributed by atoms with Crippen LogP contribution in [0.25, 0.3) is 0 Å². The Bertz CT molecular complexity index is 1060. The van der Waals surface area contributed by atoms with Crippen LogP contribution < -0.4 is 4.74 Å². The molecule has 3 aromatic carbocycles. The Morgan fingerprint density at radius 2 is 1.56 bits per heavy atom. The standard InChI is InChI=1S/C25H25N3O4/c29-25(27-15-13-26(14-16-27)18-20-5-2-1-3-6-20)22-8-4-7-21(17-22)19-32-24-11-9-23(10-12-24)28(30)31/h1-12,17H,13-16,18-19H2. The third-order valence-corrected chi connectivity index (χ3v) is 5.54. The minimum absolute atomic E-state index is 0.0220. The molecule has 7 heteroatoms. The highest BCUT2D eigenvalue weighted by molar-refractivity contribution is 5.94. The predicted octanol–water partition coefficient (Wildman–Crippen LogP) is 4.13. The molecule has 1 fully saturated rings. The van der Waals surface area contributed by atoms with Crippen molar-refractivity contribution in [1.82, 2.24) is 9.80 Å². The second-order valence-corrected chi connectivity index (χ2v) is 7.79. The van der Waals surface area contributed by atoms with Gasteiger partial charge < -0.3 is 9.64 Å². The number of carbonyl (C=O) groups is 1. The minimum Gasteiger partial charge on any atom is -0.489 e. The zero-order valence-electron chi connectivity index (χ0n) is 17.7. The van der Waals surface area contributed by atoms with Gasteiger partial charge in [0.25, 0.3) is 11.6 Å². The first-order valence-corrected chi connectivity index (χ1v) is 10.6. The third-order valence-electron chi connectivity index (χ3n) is 5.54. The normalized spacial score (nSPS) is 14.2. The number of nitro benzene ring substituents is 1. The average Bonchev–Trinajstić information content (AvgIpc) is 2.84. The van der Waals surface area contributed by atoms with Crippen molar-refractivity contribution in [2.24, 2.45) is 0 Å². The Kier molecular flexibility index (Phi) is 6.77. The Morgan fingerprint density at radius 3 is 2.25 bits per heavy atom. The highest BCUT2D eigenvalue weighted by Gasteiger charge is 2.22. The van der Waals surface area contributed by atoms with Gasteiger partial charge in [-0.2, -0.15) is 0 Å². The molecule has 3 aromatic rings. The number of hydrogen-bond donors (Lipinski definition) is 0. The van der Waals surface area contributed by atoms with Gasteiger partial charge in [0.2, 0.25) is 0 Å². The first-order chi connectivity index (χ1) is 15.6. The monoisotopic (exact) mass is 431 g/mol. The number of rotatable bonds is 7. The molecular weight excluding hydrogens is 406 g/mol. The summed E-state index contributed by atoms with van der Waals surface area (Å²) in [7, 11) is 0. The van der Waals surface area contributed by atoms with Crippen LogP contribution in [0.1, 0.15) is 21.5 Å². The van der Waals surface area contributed by atoms with E-state index in [1.54, 1.807) is 12.1 Å². The van der Waals surface area contributed by atoms with Crippen LogP contribution in [0.5, 0.6) is 5.75 Å². The Labute approximate surface area is 187 Å². The molecule has 164 valence electrons. The maximum Gasteiger partial charge on any atom is 0.269 e. The average molecular weight is 431 g/mol. The third kappa shape index (κ3) is 5.50. The predicted molar refractivity (Wildman–Crippen MR) is 121 cm³/mol. The molecule has 32 heavy (non-hydrogen) atoms. The summed E-state index contributed by atoms with van der Waals surface area (Å²) in [6, 6.07) is 23.8. The number of benzene rings is 3. The first-order valence-electron chi connectivity index (χ1n) is 10.6. The molecule has 1 aliphatic rings. The first kappa shape index (κ1) is 21.5. The summed E-state index contributed by atoms with van der Waals surface area (Å²) in [4.78, 5) is 27.6. The molecule has 0 aromatic heterocycles. The van der Waals surface area contributed by atoms with E-state index in [1.165, 1.54) is 17.7 Å². The Hall–Kier alpha value is -3.71. The van der Waals surface area contributed by atoms with Crippen LogP contribution in [0.4, 0.5) is 5.69 Å². The van der Waals surface area contributed by atoms with Crippen LogP contribution in [-0.2, 0) is 13.2 Å². The molecule has 4 rings (SSSR count). The second kappa shape index (κ2) is 10.1. The molecule has 7 nitrogen and oxygen atoms in total. The van der Waals surface area contributed by atoms with Crippen LogP contribution in [0.15, 0.2) is 78.9 Å². The van der Waals surface area contributed by atoms with Crippen molar-refractivity contribution >= 4 is 11.6 Å². The van der Waals surface area contributed by atoms with E-state index in [1.807, 2.05) is 47.4 Å². The van der Waals surface area contributed by atoms with Crippen LogP contribution in [0, 0.1) is 10.1 Å². The summed E-state index contributed by atoms with van der Waals surface area (Å²) in [5.74, 6) is 0.573. The summed E-state index contributed by atoms with van der Waals surface area (Å²) in [6.07, 6.45) is 0. The number of carbonyl (C=O) groups excluding carboxylic acids is 1. The van der Waals surface area contributed by atoms with Gasteiger partial charge in [-0.25, -0.2) is 0 Å². The number of nitrogens with zero attached hydrogens (tertiary/aromatic N) is 3. The maximum atomic E-state index is 13.0. The molecule has 1 heterocycles. The minimum atomic E-state index is -0.444. The fourth-order valence-corrected chi connectivity index (χ4v) is 3.76. The van der Waals surface area contributed by atoms with E-state index in [-0.39, 0.29) is 18.2 Å². The molecule has 1 saturated heterocycles. The Morgan fingerprint density at radius 1 is 0.875 bits per heavy atom. The van der Waals surface area contributed by atoms with Crippen molar-refractivity contribution in [1.29, 1.82) is 0 Å². The van der Waals surface area contributed by atoms with Gasteiger partial charge in [-0.15, -0.1) is 0 Å². The molecule has 0 unspecified atom stereocenters. The highest BCUT2D eigenvalue weighted by atomic mass is 16.6. The summed E-state index contributed by atoms with van der Waals surface area (Å²) >= 11 is 0. The van der Waals surface area contributed by atoms with Crippen LogP contribution in [0.3, 0.4) is 0 Å². The lowest BCUT2D eigenvalue weighted by Crippen LogP contribution is -2.48. The number of piperazine rings is 1. The molecule has 1 aliphatic heterocycles. The fraction of sp³-hybridized carbons (Fsp3) is 0.240. The lowest BCUT2D eigenvalue weighted by Gasteiger charge is -2.34. The molecule has 0 N–H and O–H groups in total. The molecule has 1 amide bonds. The van der Waals surface area contributed by atoms with Crippen molar-refractivity contribution in [2.75, 3.05) is 26.2 Å². The molecule has 0 radical (unpaired) electrons. The van der Waals surface area contributed by atoms with E-state index in [4.69, 9.17) is 4.74 Å². The van der Waals surface area contributed by atoms with Gasteiger partial charge >= 0.3 is 0 Å². The van der Waals surface area contributed by atoms with Crippen molar-refractivity contribution in [3.05, 3.63) is 106 Å². The van der Waals surface area contributed by atoms with Crippen molar-refractivity contribution in [3.8, 4) is 5.75 Å². The van der Waals surface area contributed by atoms with Gasteiger partial charge in [-0.1, -0.05) is 42.5 Å². The summed E-state index contributed by atoms with van der Waals surface area (Å²) in [5.41, 5.74) is 2.82. The maximum absolute atomic E-state index is 13.0. The van der Waals surface area contributed by atoms with Gasteiger partial charge in [-0.05, 0) is 35.4 Å². The van der Waals surface area contributed by atoms with E-state index in [2.05, 4.69) is 17.0 Å². The molecule has 0 aliphatic carbocycles.